The van der Waals surface area contributed by atoms with Gasteiger partial charge in [0.15, 0.2) is 0 Å². The summed E-state index contributed by atoms with van der Waals surface area (Å²) in [6.45, 7) is 0. The van der Waals surface area contributed by atoms with Gasteiger partial charge in [-0.05, 0) is 0 Å². The van der Waals surface area contributed by atoms with E-state index in [0.717, 1.165) is 0 Å². The molecule has 0 aliphatic carbocycles. The van der Waals surface area contributed by atoms with Crippen LogP contribution in [0.15, 0.2) is 0 Å². The molecule has 0 aromatic rings. The van der Waals surface area contributed by atoms with Crippen molar-refractivity contribution in [3.05, 3.63) is 0 Å². The van der Waals surface area contributed by atoms with E-state index in [-0.39, 0.29) is 24.0 Å². The fraction of sp³-hybridized carbons (Fsp3) is 0. The van der Waals surface area contributed by atoms with Crippen LogP contribution in [-0.2, 0) is 24.8 Å². The van der Waals surface area contributed by atoms with Gasteiger partial charge in [0.25, 0.3) is 0 Å². The van der Waals surface area contributed by atoms with E-state index in [0.29, 0.717) is 0 Å². The van der Waals surface area contributed by atoms with Crippen LogP contribution in [0.5, 0.6) is 0 Å². The van der Waals surface area contributed by atoms with E-state index >= 15 is 0 Å². The predicted octanol–water partition coefficient (Wildman–Crippen LogP) is 0.378. The second-order valence-corrected chi connectivity index (χ2v) is 0.516. The van der Waals surface area contributed by atoms with Crippen LogP contribution < -0.4 is 0 Å². The molecule has 4 heavy (non-hydrogen) atoms. The van der Waals surface area contributed by atoms with Gasteiger partial charge in [0.1, 0.15) is 0 Å². The van der Waals surface area contributed by atoms with Crippen LogP contribution in [0, 0.1) is 0 Å². The summed E-state index contributed by atoms with van der Waals surface area (Å²) in [5.74, 6) is 0. The summed E-state index contributed by atoms with van der Waals surface area (Å²) < 4.78 is 17.1. The van der Waals surface area contributed by atoms with Gasteiger partial charge in [-0.15, -0.1) is 24.0 Å². The average Bonchev–Trinajstić information content (AvgIpc) is 0.918. The zero-order valence-corrected chi connectivity index (χ0v) is 6.65. The summed E-state index contributed by atoms with van der Waals surface area (Å²) in [7, 11) is 0. The fourth-order valence-electron chi connectivity index (χ4n) is 0. The van der Waals surface area contributed by atoms with Crippen LogP contribution in [0.2, 0.25) is 0 Å². The third-order valence-electron chi connectivity index (χ3n) is 0. The summed E-state index contributed by atoms with van der Waals surface area (Å²) in [5, 5.41) is 0. The van der Waals surface area contributed by atoms with E-state index in [1.807, 2.05) is 0 Å². The summed E-state index contributed by atoms with van der Waals surface area (Å²) in [6.07, 6.45) is 0. The SMILES string of the molecule is I.[O]=[Re]=[O]. The standard InChI is InChI=1S/HI.2O.Re/h1H;;;. The number of halogens is 1. The van der Waals surface area contributed by atoms with Gasteiger partial charge < -0.3 is 0 Å². The Kier molecular flexibility index (Phi) is 20.0. The van der Waals surface area contributed by atoms with Crippen LogP contribution in [0.3, 0.4) is 0 Å². The van der Waals surface area contributed by atoms with Crippen molar-refractivity contribution in [3.63, 3.8) is 0 Å². The number of rotatable bonds is 0. The Morgan fingerprint density at radius 2 is 1.25 bits per heavy atom. The zero-order chi connectivity index (χ0) is 2.71. The van der Waals surface area contributed by atoms with E-state index in [9.17, 15) is 0 Å². The minimum atomic E-state index is -2.17. The Labute approximate surface area is 48.7 Å². The summed E-state index contributed by atoms with van der Waals surface area (Å²) in [6, 6.07) is 0. The summed E-state index contributed by atoms with van der Waals surface area (Å²) in [5.41, 5.74) is 0. The van der Waals surface area contributed by atoms with Gasteiger partial charge in [0, 0.05) is 0 Å². The molecule has 2 nitrogen and oxygen atoms in total. The van der Waals surface area contributed by atoms with Crippen LogP contribution in [0.25, 0.3) is 0 Å². The molecular formula is HIO2Re. The molecule has 0 aromatic carbocycles. The van der Waals surface area contributed by atoms with Crippen molar-refractivity contribution < 1.29 is 24.8 Å². The molecule has 0 atom stereocenters. The van der Waals surface area contributed by atoms with Crippen LogP contribution in [0.4, 0.5) is 0 Å². The molecule has 0 spiro atoms. The molecule has 0 saturated heterocycles. The first-order valence-corrected chi connectivity index (χ1v) is 2.53. The van der Waals surface area contributed by atoms with Crippen LogP contribution in [0.1, 0.15) is 0 Å². The molecule has 0 aliphatic heterocycles. The van der Waals surface area contributed by atoms with Gasteiger partial charge in [-0.3, -0.25) is 0 Å². The normalized spacial score (nSPS) is 3.00. The maximum absolute atomic E-state index is 8.53. The Balaban J connectivity index is 0. The predicted molar refractivity (Wildman–Crippen MR) is 16.8 cm³/mol. The third kappa shape index (κ3) is 12.1. The van der Waals surface area contributed by atoms with Crippen molar-refractivity contribution >= 4 is 24.0 Å². The Morgan fingerprint density at radius 3 is 1.25 bits per heavy atom. The molecule has 0 saturated carbocycles. The van der Waals surface area contributed by atoms with E-state index in [2.05, 4.69) is 0 Å². The summed E-state index contributed by atoms with van der Waals surface area (Å²) in [4.78, 5) is 0. The maximum atomic E-state index is 8.53. The molecule has 0 heterocycles. The molecule has 0 unspecified atom stereocenters. The van der Waals surface area contributed by atoms with Crippen molar-refractivity contribution in [1.29, 1.82) is 0 Å². The van der Waals surface area contributed by atoms with Gasteiger partial charge in [-0.25, -0.2) is 0 Å². The minimum absolute atomic E-state index is 0. The molecular weight excluding hydrogens is 345 g/mol. The third-order valence-corrected chi connectivity index (χ3v) is 0. The monoisotopic (exact) mass is 347 g/mol. The second-order valence-electron chi connectivity index (χ2n) is 0.0630. The summed E-state index contributed by atoms with van der Waals surface area (Å²) >= 11 is -2.17. The molecule has 0 aliphatic rings. The first kappa shape index (κ1) is 8.89. The van der Waals surface area contributed by atoms with Crippen molar-refractivity contribution in [2.24, 2.45) is 0 Å². The quantitative estimate of drug-likeness (QED) is 0.595. The first-order chi connectivity index (χ1) is 1.41. The van der Waals surface area contributed by atoms with Crippen molar-refractivity contribution in [1.82, 2.24) is 0 Å². The van der Waals surface area contributed by atoms with Gasteiger partial charge in [-0.2, -0.15) is 0 Å². The number of hydrogen-bond acceptors (Lipinski definition) is 2. The van der Waals surface area contributed by atoms with E-state index < -0.39 is 17.9 Å². The molecule has 0 fully saturated rings. The zero-order valence-electron chi connectivity index (χ0n) is 1.60. The fourth-order valence-corrected chi connectivity index (χ4v) is 0. The first-order valence-electron chi connectivity index (χ1n) is 0.309. The van der Waals surface area contributed by atoms with E-state index in [1.165, 1.54) is 0 Å². The molecule has 0 amide bonds. The van der Waals surface area contributed by atoms with E-state index in [1.54, 1.807) is 0 Å². The van der Waals surface area contributed by atoms with Crippen molar-refractivity contribution in [2.45, 2.75) is 0 Å². The van der Waals surface area contributed by atoms with Crippen molar-refractivity contribution in [2.75, 3.05) is 0 Å². The molecule has 0 rings (SSSR count). The molecule has 0 N–H and O–H groups in total. The molecule has 0 radical (unpaired) electrons. The Bertz CT molecular complexity index is 27.0. The van der Waals surface area contributed by atoms with Crippen LogP contribution >= 0.6 is 24.0 Å². The van der Waals surface area contributed by atoms with Gasteiger partial charge in [0.05, 0.1) is 0 Å². The molecule has 27 valence electrons. The molecule has 0 bridgehead atoms. The molecule has 4 heteroatoms. The van der Waals surface area contributed by atoms with E-state index in [4.69, 9.17) is 6.94 Å². The average molecular weight is 346 g/mol. The topological polar surface area (TPSA) is 34.1 Å². The van der Waals surface area contributed by atoms with Crippen LogP contribution in [-0.4, -0.2) is 0 Å². The Morgan fingerprint density at radius 1 is 1.25 bits per heavy atom. The number of hydrogen-bond donors (Lipinski definition) is 0. The molecule has 0 aromatic heterocycles. The van der Waals surface area contributed by atoms with Gasteiger partial charge in [0.2, 0.25) is 0 Å². The van der Waals surface area contributed by atoms with Gasteiger partial charge >= 0.3 is 24.8 Å². The second kappa shape index (κ2) is 9.01. The van der Waals surface area contributed by atoms with Gasteiger partial charge in [-0.1, -0.05) is 0 Å². The Hall–Kier alpha value is 0.992. The van der Waals surface area contributed by atoms with Crippen molar-refractivity contribution in [3.8, 4) is 0 Å².